The number of amides is 1. The van der Waals surface area contributed by atoms with Crippen molar-refractivity contribution in [2.24, 2.45) is 21.7 Å². The maximum atomic E-state index is 12.7. The molecule has 0 aromatic carbocycles. The number of carbonyl (C=O) groups excluding carboxylic acids is 1. The minimum Gasteiger partial charge on any atom is -0.303 e. The Labute approximate surface area is 155 Å². The van der Waals surface area contributed by atoms with Crippen LogP contribution < -0.4 is 11.3 Å². The molecule has 25 heavy (non-hydrogen) atoms. The molecule has 0 rings (SSSR count). The first kappa shape index (κ1) is 23.9. The molecule has 0 aliphatic carbocycles. The molecule has 0 aromatic heterocycles. The second-order valence-corrected chi connectivity index (χ2v) is 7.33. The Morgan fingerprint density at radius 1 is 0.800 bits per heavy atom. The Balaban J connectivity index is 4.47. The summed E-state index contributed by atoms with van der Waals surface area (Å²) in [6.07, 6.45) is 17.7. The number of nitrogens with zero attached hydrogens (tertiary/aromatic N) is 2. The normalized spacial score (nSPS) is 12.0. The van der Waals surface area contributed by atoms with Crippen LogP contribution in [0.3, 0.4) is 0 Å². The highest BCUT2D eigenvalue weighted by atomic mass is 16.2. The van der Waals surface area contributed by atoms with Crippen molar-refractivity contribution in [3.8, 4) is 0 Å². The average molecular weight is 355 g/mol. The van der Waals surface area contributed by atoms with Gasteiger partial charge in [0, 0.05) is 0 Å². The zero-order chi connectivity index (χ0) is 18.8. The van der Waals surface area contributed by atoms with Crippen molar-refractivity contribution in [2.45, 2.75) is 117 Å². The van der Waals surface area contributed by atoms with E-state index in [1.807, 2.05) is 0 Å². The number of carbonyl (C=O) groups is 1. The number of nitrogens with two attached hydrogens (primary N) is 1. The van der Waals surface area contributed by atoms with Crippen LogP contribution in [-0.4, -0.2) is 5.91 Å². The van der Waals surface area contributed by atoms with Crippen LogP contribution in [-0.2, 0) is 4.79 Å². The number of unbranched alkanes of at least 4 members (excludes halogenated alkanes) is 10. The van der Waals surface area contributed by atoms with E-state index in [-0.39, 0.29) is 11.3 Å². The van der Waals surface area contributed by atoms with Gasteiger partial charge in [0.2, 0.25) is 5.91 Å². The molecule has 0 aliphatic rings. The van der Waals surface area contributed by atoms with Crippen LogP contribution >= 0.6 is 0 Å². The molecular formula is C20H42N4O. The van der Waals surface area contributed by atoms with Gasteiger partial charge in [-0.15, -0.1) is 0 Å². The second-order valence-electron chi connectivity index (χ2n) is 7.33. The van der Waals surface area contributed by atoms with E-state index >= 15 is 0 Å². The summed E-state index contributed by atoms with van der Waals surface area (Å²) in [6.45, 7) is 6.59. The monoisotopic (exact) mass is 354 g/mol. The molecule has 3 N–H and O–H groups in total. The molecule has 0 unspecified atom stereocenters. The lowest BCUT2D eigenvalue weighted by atomic mass is 9.75. The fourth-order valence-corrected chi connectivity index (χ4v) is 3.55. The molecule has 0 spiro atoms. The highest BCUT2D eigenvalue weighted by molar-refractivity contribution is 5.82. The third kappa shape index (κ3) is 11.2. The molecule has 0 fully saturated rings. The van der Waals surface area contributed by atoms with Crippen LogP contribution in [0.4, 0.5) is 0 Å². The summed E-state index contributed by atoms with van der Waals surface area (Å²) in [5, 5.41) is 6.70. The standard InChI is InChI=1S/C20H42N4O/c1-4-7-9-11-13-15-17-20(6-3,19(25)22-24-23-21)18-16-14-12-10-8-5-2/h4-18H2,1-3H3,(H2,21,24)(H,22,23,25). The van der Waals surface area contributed by atoms with Crippen LogP contribution in [0.2, 0.25) is 0 Å². The van der Waals surface area contributed by atoms with E-state index in [1.54, 1.807) is 0 Å². The van der Waals surface area contributed by atoms with Gasteiger partial charge in [-0.25, -0.2) is 5.43 Å². The molecule has 5 nitrogen and oxygen atoms in total. The van der Waals surface area contributed by atoms with Crippen molar-refractivity contribution in [3.63, 3.8) is 0 Å². The second kappa shape index (κ2) is 16.3. The summed E-state index contributed by atoms with van der Waals surface area (Å²) in [7, 11) is 0. The summed E-state index contributed by atoms with van der Waals surface area (Å²) < 4.78 is 0. The largest absolute Gasteiger partial charge is 0.303 e. The van der Waals surface area contributed by atoms with E-state index in [9.17, 15) is 4.79 Å². The topological polar surface area (TPSA) is 79.8 Å². The van der Waals surface area contributed by atoms with Gasteiger partial charge in [-0.1, -0.05) is 103 Å². The molecule has 1 amide bonds. The number of nitrogens with one attached hydrogen (secondary N) is 1. The lowest BCUT2D eigenvalue weighted by molar-refractivity contribution is -0.132. The van der Waals surface area contributed by atoms with E-state index < -0.39 is 0 Å². The van der Waals surface area contributed by atoms with Gasteiger partial charge in [0.15, 0.2) is 0 Å². The minimum absolute atomic E-state index is 0.00804. The lowest BCUT2D eigenvalue weighted by Gasteiger charge is -2.30. The first-order valence-electron chi connectivity index (χ1n) is 10.6. The van der Waals surface area contributed by atoms with Crippen molar-refractivity contribution in [1.82, 2.24) is 5.43 Å². The summed E-state index contributed by atoms with van der Waals surface area (Å²) >= 11 is 0. The molecule has 0 saturated heterocycles. The van der Waals surface area contributed by atoms with Gasteiger partial charge in [-0.3, -0.25) is 4.79 Å². The van der Waals surface area contributed by atoms with Gasteiger partial charge in [-0.2, -0.15) is 0 Å². The molecule has 5 heteroatoms. The van der Waals surface area contributed by atoms with Crippen molar-refractivity contribution in [2.75, 3.05) is 0 Å². The van der Waals surface area contributed by atoms with Crippen molar-refractivity contribution < 1.29 is 4.79 Å². The molecule has 0 bridgehead atoms. The van der Waals surface area contributed by atoms with Crippen LogP contribution in [0, 0.1) is 5.41 Å². The zero-order valence-electron chi connectivity index (χ0n) is 17.0. The third-order valence-electron chi connectivity index (χ3n) is 5.39. The van der Waals surface area contributed by atoms with Crippen molar-refractivity contribution >= 4 is 5.91 Å². The summed E-state index contributed by atoms with van der Waals surface area (Å²) in [4.78, 5) is 12.7. The average Bonchev–Trinajstić information content (AvgIpc) is 2.63. The summed E-state index contributed by atoms with van der Waals surface area (Å²) in [6, 6.07) is 0. The summed E-state index contributed by atoms with van der Waals surface area (Å²) in [5.74, 6) is 5.03. The maximum absolute atomic E-state index is 12.7. The quantitative estimate of drug-likeness (QED) is 0.140. The van der Waals surface area contributed by atoms with E-state index in [2.05, 4.69) is 36.6 Å². The van der Waals surface area contributed by atoms with Gasteiger partial charge >= 0.3 is 0 Å². The summed E-state index contributed by atoms with van der Waals surface area (Å²) in [5.41, 5.74) is 2.23. The Morgan fingerprint density at radius 2 is 1.24 bits per heavy atom. The van der Waals surface area contributed by atoms with Crippen molar-refractivity contribution in [3.05, 3.63) is 0 Å². The molecule has 148 valence electrons. The van der Waals surface area contributed by atoms with E-state index in [0.717, 1.165) is 32.1 Å². The Hall–Kier alpha value is -1.13. The maximum Gasteiger partial charge on any atom is 0.247 e. The van der Waals surface area contributed by atoms with Gasteiger partial charge in [-0.05, 0) is 24.5 Å². The van der Waals surface area contributed by atoms with Crippen LogP contribution in [0.25, 0.3) is 0 Å². The van der Waals surface area contributed by atoms with E-state index in [4.69, 9.17) is 5.84 Å². The third-order valence-corrected chi connectivity index (χ3v) is 5.39. The number of hydrogen-bond acceptors (Lipinski definition) is 3. The first-order valence-corrected chi connectivity index (χ1v) is 10.6. The Bertz CT molecular complexity index is 329. The van der Waals surface area contributed by atoms with Crippen molar-refractivity contribution in [1.29, 1.82) is 0 Å². The number of rotatable bonds is 17. The van der Waals surface area contributed by atoms with Gasteiger partial charge < -0.3 is 5.84 Å². The zero-order valence-corrected chi connectivity index (χ0v) is 17.0. The highest BCUT2D eigenvalue weighted by Crippen LogP contribution is 2.36. The molecular weight excluding hydrogens is 312 g/mol. The SMILES string of the molecule is CCCCCCCCC(CC)(CCCCCCCC)C(=O)NN=NN. The Morgan fingerprint density at radius 3 is 1.64 bits per heavy atom. The minimum atomic E-state index is -0.316. The molecule has 0 heterocycles. The fourth-order valence-electron chi connectivity index (χ4n) is 3.55. The molecule has 0 aromatic rings. The van der Waals surface area contributed by atoms with Crippen LogP contribution in [0.15, 0.2) is 10.4 Å². The number of hydrogen-bond donors (Lipinski definition) is 2. The predicted molar refractivity (Wildman–Crippen MR) is 106 cm³/mol. The van der Waals surface area contributed by atoms with E-state index in [1.165, 1.54) is 64.2 Å². The predicted octanol–water partition coefficient (Wildman–Crippen LogP) is 6.24. The van der Waals surface area contributed by atoms with Gasteiger partial charge in [0.05, 0.1) is 5.41 Å². The van der Waals surface area contributed by atoms with Crippen LogP contribution in [0.1, 0.15) is 117 Å². The van der Waals surface area contributed by atoms with E-state index in [0.29, 0.717) is 0 Å². The molecule has 0 aliphatic heterocycles. The lowest BCUT2D eigenvalue weighted by Crippen LogP contribution is -2.38. The smallest absolute Gasteiger partial charge is 0.247 e. The van der Waals surface area contributed by atoms with Crippen LogP contribution in [0.5, 0.6) is 0 Å². The molecule has 0 atom stereocenters. The highest BCUT2D eigenvalue weighted by Gasteiger charge is 2.35. The van der Waals surface area contributed by atoms with Gasteiger partial charge in [0.25, 0.3) is 0 Å². The fraction of sp³-hybridized carbons (Fsp3) is 0.950. The van der Waals surface area contributed by atoms with Gasteiger partial charge in [0.1, 0.15) is 0 Å². The molecule has 0 saturated carbocycles. The Kier molecular flexibility index (Phi) is 15.6. The first-order chi connectivity index (χ1) is 12.2. The molecule has 0 radical (unpaired) electrons.